The smallest absolute Gasteiger partial charge is 0.326 e. The van der Waals surface area contributed by atoms with Crippen molar-refractivity contribution in [1.29, 1.82) is 0 Å². The number of aliphatic carboxylic acids is 1. The van der Waals surface area contributed by atoms with Crippen LogP contribution in [0.5, 0.6) is 0 Å². The van der Waals surface area contributed by atoms with Crippen LogP contribution in [-0.2, 0) is 9.59 Å². The molecule has 17 heavy (non-hydrogen) atoms. The van der Waals surface area contributed by atoms with Gasteiger partial charge in [0.15, 0.2) is 12.2 Å². The Balaban J connectivity index is 2.25. The van der Waals surface area contributed by atoms with Gasteiger partial charge in [-0.15, -0.1) is 0 Å². The molecule has 3 amide bonds. The van der Waals surface area contributed by atoms with E-state index in [-0.39, 0.29) is 0 Å². The SMILES string of the molecule is C[C@@H](C(=O)O)N1C=NC2NC(=O)N(C)C(=O)C21. The van der Waals surface area contributed by atoms with E-state index in [0.29, 0.717) is 0 Å². The van der Waals surface area contributed by atoms with Gasteiger partial charge >= 0.3 is 12.0 Å². The highest BCUT2D eigenvalue weighted by atomic mass is 16.4. The van der Waals surface area contributed by atoms with E-state index in [4.69, 9.17) is 5.11 Å². The highest BCUT2D eigenvalue weighted by Gasteiger charge is 2.47. The third-order valence-corrected chi connectivity index (χ3v) is 2.95. The van der Waals surface area contributed by atoms with Gasteiger partial charge in [-0.1, -0.05) is 0 Å². The molecule has 0 aromatic heterocycles. The molecule has 0 spiro atoms. The van der Waals surface area contributed by atoms with Crippen molar-refractivity contribution in [3.8, 4) is 0 Å². The van der Waals surface area contributed by atoms with E-state index in [9.17, 15) is 14.4 Å². The predicted octanol–water partition coefficient (Wildman–Crippen LogP) is -1.32. The Bertz CT molecular complexity index is 421. The molecule has 0 bridgehead atoms. The number of hydrogen-bond donors (Lipinski definition) is 2. The summed E-state index contributed by atoms with van der Waals surface area (Å²) in [6.07, 6.45) is 0.596. The molecule has 2 unspecified atom stereocenters. The lowest BCUT2D eigenvalue weighted by molar-refractivity contribution is -0.143. The fraction of sp³-hybridized carbons (Fsp3) is 0.556. The van der Waals surface area contributed by atoms with E-state index in [1.165, 1.54) is 25.2 Å². The minimum atomic E-state index is -1.05. The van der Waals surface area contributed by atoms with Gasteiger partial charge in [0.2, 0.25) is 0 Å². The second-order valence-corrected chi connectivity index (χ2v) is 3.96. The fourth-order valence-electron chi connectivity index (χ4n) is 1.83. The molecule has 3 atom stereocenters. The third kappa shape index (κ3) is 1.61. The van der Waals surface area contributed by atoms with E-state index >= 15 is 0 Å². The second-order valence-electron chi connectivity index (χ2n) is 3.96. The number of carbonyl (C=O) groups excluding carboxylic acids is 2. The highest BCUT2D eigenvalue weighted by Crippen LogP contribution is 2.20. The van der Waals surface area contributed by atoms with Gasteiger partial charge in [-0.05, 0) is 6.92 Å². The number of carbonyl (C=O) groups is 3. The topological polar surface area (TPSA) is 102 Å². The van der Waals surface area contributed by atoms with Crippen molar-refractivity contribution < 1.29 is 19.5 Å². The Kier molecular flexibility index (Phi) is 2.49. The first-order valence-corrected chi connectivity index (χ1v) is 5.05. The summed E-state index contributed by atoms with van der Waals surface area (Å²) in [6.45, 7) is 1.46. The fourth-order valence-corrected chi connectivity index (χ4v) is 1.83. The van der Waals surface area contributed by atoms with Crippen LogP contribution in [0.1, 0.15) is 6.92 Å². The molecule has 0 saturated carbocycles. The normalized spacial score (nSPS) is 29.1. The molecule has 2 N–H and O–H groups in total. The van der Waals surface area contributed by atoms with Crippen LogP contribution in [0.25, 0.3) is 0 Å². The van der Waals surface area contributed by atoms with Gasteiger partial charge in [-0.3, -0.25) is 9.69 Å². The number of imide groups is 1. The van der Waals surface area contributed by atoms with Gasteiger partial charge in [-0.25, -0.2) is 14.6 Å². The summed E-state index contributed by atoms with van der Waals surface area (Å²) >= 11 is 0. The Morgan fingerprint density at radius 2 is 2.24 bits per heavy atom. The van der Waals surface area contributed by atoms with E-state index in [1.54, 1.807) is 0 Å². The molecule has 0 aromatic rings. The van der Waals surface area contributed by atoms with Gasteiger partial charge in [0.25, 0.3) is 5.91 Å². The largest absolute Gasteiger partial charge is 0.480 e. The summed E-state index contributed by atoms with van der Waals surface area (Å²) in [5.74, 6) is -1.51. The van der Waals surface area contributed by atoms with Crippen molar-refractivity contribution in [2.45, 2.75) is 25.2 Å². The molecule has 2 heterocycles. The lowest BCUT2D eigenvalue weighted by atomic mass is 10.1. The molecule has 0 aliphatic carbocycles. The zero-order valence-electron chi connectivity index (χ0n) is 9.32. The molecular weight excluding hydrogens is 228 g/mol. The molecule has 1 fully saturated rings. The van der Waals surface area contributed by atoms with Crippen LogP contribution >= 0.6 is 0 Å². The van der Waals surface area contributed by atoms with Crippen LogP contribution in [0, 0.1) is 0 Å². The minimum absolute atomic E-state index is 0.454. The molecule has 2 aliphatic rings. The number of nitrogens with zero attached hydrogens (tertiary/aromatic N) is 3. The van der Waals surface area contributed by atoms with Crippen molar-refractivity contribution in [2.75, 3.05) is 7.05 Å². The molecule has 8 heteroatoms. The molecule has 1 saturated heterocycles. The van der Waals surface area contributed by atoms with Crippen molar-refractivity contribution in [3.63, 3.8) is 0 Å². The maximum absolute atomic E-state index is 11.9. The van der Waals surface area contributed by atoms with Crippen molar-refractivity contribution in [2.24, 2.45) is 4.99 Å². The summed E-state index contributed by atoms with van der Waals surface area (Å²) in [6, 6.07) is -2.18. The van der Waals surface area contributed by atoms with Crippen LogP contribution in [0.2, 0.25) is 0 Å². The Morgan fingerprint density at radius 3 is 2.82 bits per heavy atom. The standard InChI is InChI=1S/C9H12N4O4/c1-4(8(15)16)13-3-10-6-5(13)7(14)12(2)9(17)11-6/h3-6H,1-2H3,(H,11,17)(H,15,16)/t4-,5?,6?/m0/s1. The van der Waals surface area contributed by atoms with Gasteiger partial charge in [0.1, 0.15) is 6.04 Å². The third-order valence-electron chi connectivity index (χ3n) is 2.95. The molecule has 2 aliphatic heterocycles. The molecular formula is C9H12N4O4. The first kappa shape index (κ1) is 11.4. The summed E-state index contributed by atoms with van der Waals surface area (Å²) in [5.41, 5.74) is 0. The number of fused-ring (bicyclic) bond motifs is 1. The molecule has 0 radical (unpaired) electrons. The van der Waals surface area contributed by atoms with Crippen molar-refractivity contribution in [3.05, 3.63) is 0 Å². The number of carboxylic acids is 1. The summed E-state index contributed by atoms with van der Waals surface area (Å²) < 4.78 is 0. The summed E-state index contributed by atoms with van der Waals surface area (Å²) in [4.78, 5) is 40.3. The van der Waals surface area contributed by atoms with Crippen LogP contribution in [0.3, 0.4) is 0 Å². The zero-order valence-corrected chi connectivity index (χ0v) is 9.32. The maximum atomic E-state index is 11.9. The predicted molar refractivity (Wildman–Crippen MR) is 56.3 cm³/mol. The van der Waals surface area contributed by atoms with E-state index < -0.39 is 36.2 Å². The van der Waals surface area contributed by atoms with E-state index in [1.807, 2.05) is 0 Å². The number of hydrogen-bond acceptors (Lipinski definition) is 5. The Hall–Kier alpha value is -2.12. The van der Waals surface area contributed by atoms with Crippen LogP contribution in [0.15, 0.2) is 4.99 Å². The van der Waals surface area contributed by atoms with Gasteiger partial charge < -0.3 is 15.3 Å². The molecule has 2 rings (SSSR count). The quantitative estimate of drug-likeness (QED) is 0.623. The number of urea groups is 1. The van der Waals surface area contributed by atoms with Gasteiger partial charge in [0, 0.05) is 7.05 Å². The van der Waals surface area contributed by atoms with Crippen LogP contribution in [0.4, 0.5) is 4.79 Å². The second kappa shape index (κ2) is 3.72. The number of amides is 3. The minimum Gasteiger partial charge on any atom is -0.480 e. The molecule has 0 aromatic carbocycles. The molecule has 92 valence electrons. The number of carboxylic acid groups (broad SMARTS) is 1. The first-order valence-electron chi connectivity index (χ1n) is 5.05. The number of nitrogens with one attached hydrogen (secondary N) is 1. The van der Waals surface area contributed by atoms with Crippen molar-refractivity contribution in [1.82, 2.24) is 15.1 Å². The van der Waals surface area contributed by atoms with E-state index in [2.05, 4.69) is 10.3 Å². The Morgan fingerprint density at radius 1 is 1.59 bits per heavy atom. The summed E-state index contributed by atoms with van der Waals surface area (Å²) in [7, 11) is 1.34. The van der Waals surface area contributed by atoms with Gasteiger partial charge in [-0.2, -0.15) is 0 Å². The van der Waals surface area contributed by atoms with Gasteiger partial charge in [0.05, 0.1) is 6.34 Å². The number of aliphatic imine (C=N–C) groups is 1. The van der Waals surface area contributed by atoms with E-state index in [0.717, 1.165) is 4.90 Å². The lowest BCUT2D eigenvalue weighted by Gasteiger charge is -2.36. The van der Waals surface area contributed by atoms with Crippen LogP contribution in [-0.4, -0.2) is 64.4 Å². The summed E-state index contributed by atoms with van der Waals surface area (Å²) in [5, 5.41) is 11.4. The van der Waals surface area contributed by atoms with Crippen LogP contribution < -0.4 is 5.32 Å². The first-order chi connectivity index (χ1) is 7.93. The highest BCUT2D eigenvalue weighted by molar-refractivity contribution is 6.02. The molecule has 8 nitrogen and oxygen atoms in total. The maximum Gasteiger partial charge on any atom is 0.326 e. The average Bonchev–Trinajstić information content (AvgIpc) is 2.68. The Labute approximate surface area is 96.9 Å². The monoisotopic (exact) mass is 240 g/mol. The van der Waals surface area contributed by atoms with Crippen molar-refractivity contribution >= 4 is 24.2 Å². The number of likely N-dealkylation sites (N-methyl/N-ethyl adjacent to an activating group) is 1. The average molecular weight is 240 g/mol. The zero-order chi connectivity index (χ0) is 12.7. The number of rotatable bonds is 2. The lowest BCUT2D eigenvalue weighted by Crippen LogP contribution is -2.64.